The molecule has 160 valence electrons. The van der Waals surface area contributed by atoms with E-state index in [0.29, 0.717) is 21.7 Å². The first-order valence-corrected chi connectivity index (χ1v) is 9.98. The fourth-order valence-electron chi connectivity index (χ4n) is 3.38. The first-order chi connectivity index (χ1) is 15.4. The van der Waals surface area contributed by atoms with E-state index >= 15 is 0 Å². The number of rotatable bonds is 5. The van der Waals surface area contributed by atoms with Crippen LogP contribution in [-0.2, 0) is 0 Å². The van der Waals surface area contributed by atoms with Crippen molar-refractivity contribution < 1.29 is 9.13 Å². The molecule has 0 fully saturated rings. The van der Waals surface area contributed by atoms with Crippen molar-refractivity contribution in [3.8, 4) is 27.9 Å². The monoisotopic (exact) mass is 450 g/mol. The molecule has 4 aromatic rings. The standard InChI is InChI=1S/C21H15FN6O3S/c1-25-18-11(7-24)8-26-9-15(18)28-20(29)19-14(27-21(28)30)5-17(32-19)12-4-16(31-2)13(22)3-10(12)6-23/h3-5,7-9,24H,1-2H3,(H,25,26)(H,27,30). The van der Waals surface area contributed by atoms with Gasteiger partial charge in [-0.2, -0.15) is 5.26 Å². The number of ether oxygens (including phenoxy) is 1. The number of nitrogens with one attached hydrogen (secondary N) is 3. The quantitative estimate of drug-likeness (QED) is 0.400. The van der Waals surface area contributed by atoms with Crippen LogP contribution in [0, 0.1) is 22.6 Å². The second kappa shape index (κ2) is 8.09. The first kappa shape index (κ1) is 21.0. The molecule has 3 N–H and O–H groups in total. The van der Waals surface area contributed by atoms with Crippen LogP contribution in [0.25, 0.3) is 26.3 Å². The van der Waals surface area contributed by atoms with Crippen LogP contribution in [0.2, 0.25) is 0 Å². The number of hydrogen-bond donors (Lipinski definition) is 3. The lowest BCUT2D eigenvalue weighted by Gasteiger charge is -2.12. The molecule has 1 aromatic carbocycles. The molecule has 32 heavy (non-hydrogen) atoms. The number of hydrogen-bond acceptors (Lipinski definition) is 8. The van der Waals surface area contributed by atoms with Crippen molar-refractivity contribution in [1.29, 1.82) is 10.7 Å². The van der Waals surface area contributed by atoms with Gasteiger partial charge in [0.1, 0.15) is 4.70 Å². The summed E-state index contributed by atoms with van der Waals surface area (Å²) in [7, 11) is 2.92. The lowest BCUT2D eigenvalue weighted by Crippen LogP contribution is -2.33. The minimum absolute atomic E-state index is 0.0458. The van der Waals surface area contributed by atoms with E-state index in [1.54, 1.807) is 13.1 Å². The van der Waals surface area contributed by atoms with E-state index in [1.165, 1.54) is 25.6 Å². The maximum atomic E-state index is 14.0. The van der Waals surface area contributed by atoms with Crippen LogP contribution in [0.1, 0.15) is 11.1 Å². The van der Waals surface area contributed by atoms with E-state index in [1.807, 2.05) is 6.07 Å². The molecule has 11 heteroatoms. The highest BCUT2D eigenvalue weighted by Crippen LogP contribution is 2.36. The van der Waals surface area contributed by atoms with E-state index in [4.69, 9.17) is 10.1 Å². The fourth-order valence-corrected chi connectivity index (χ4v) is 4.46. The second-order valence-corrected chi connectivity index (χ2v) is 7.64. The molecule has 0 aliphatic rings. The van der Waals surface area contributed by atoms with Crippen molar-refractivity contribution >= 4 is 33.5 Å². The van der Waals surface area contributed by atoms with Gasteiger partial charge in [-0.05, 0) is 18.2 Å². The van der Waals surface area contributed by atoms with E-state index in [0.717, 1.165) is 28.2 Å². The van der Waals surface area contributed by atoms with Gasteiger partial charge >= 0.3 is 5.69 Å². The van der Waals surface area contributed by atoms with Gasteiger partial charge < -0.3 is 20.4 Å². The molecule has 0 radical (unpaired) electrons. The zero-order valence-corrected chi connectivity index (χ0v) is 17.6. The first-order valence-electron chi connectivity index (χ1n) is 9.17. The van der Waals surface area contributed by atoms with E-state index in [9.17, 15) is 19.2 Å². The average molecular weight is 450 g/mol. The number of aromatic nitrogens is 3. The highest BCUT2D eigenvalue weighted by atomic mass is 32.1. The second-order valence-electron chi connectivity index (χ2n) is 6.59. The summed E-state index contributed by atoms with van der Waals surface area (Å²) in [5.74, 6) is -0.724. The molecule has 0 spiro atoms. The minimum atomic E-state index is -0.690. The Balaban J connectivity index is 2.00. The van der Waals surface area contributed by atoms with Gasteiger partial charge in [0.25, 0.3) is 5.56 Å². The number of fused-ring (bicyclic) bond motifs is 1. The number of anilines is 1. The van der Waals surface area contributed by atoms with Crippen molar-refractivity contribution in [2.24, 2.45) is 0 Å². The number of aromatic amines is 1. The number of H-pyrrole nitrogens is 1. The largest absolute Gasteiger partial charge is 0.494 e. The van der Waals surface area contributed by atoms with Crippen LogP contribution in [0.5, 0.6) is 5.75 Å². The summed E-state index contributed by atoms with van der Waals surface area (Å²) < 4.78 is 20.2. The summed E-state index contributed by atoms with van der Waals surface area (Å²) in [6.07, 6.45) is 3.86. The Hall–Kier alpha value is -4.30. The summed E-state index contributed by atoms with van der Waals surface area (Å²) in [6, 6.07) is 5.94. The lowest BCUT2D eigenvalue weighted by atomic mass is 10.1. The maximum absolute atomic E-state index is 14.0. The van der Waals surface area contributed by atoms with Crippen LogP contribution in [-0.4, -0.2) is 34.9 Å². The predicted octanol–water partition coefficient (Wildman–Crippen LogP) is 2.86. The van der Waals surface area contributed by atoms with Gasteiger partial charge in [-0.1, -0.05) is 0 Å². The molecule has 4 rings (SSSR count). The normalized spacial score (nSPS) is 10.7. The van der Waals surface area contributed by atoms with Crippen LogP contribution in [0.15, 0.2) is 40.2 Å². The Morgan fingerprint density at radius 2 is 2.12 bits per heavy atom. The SMILES string of the molecule is CNc1c(C=N)cncc1-n1c(=O)[nH]c2cc(-c3cc(OC)c(F)cc3C#N)sc2c1=O. The molecular weight excluding hydrogens is 435 g/mol. The summed E-state index contributed by atoms with van der Waals surface area (Å²) in [5, 5.41) is 19.9. The molecule has 0 amide bonds. The number of benzene rings is 1. The van der Waals surface area contributed by atoms with E-state index in [-0.39, 0.29) is 27.2 Å². The maximum Gasteiger partial charge on any atom is 0.333 e. The highest BCUT2D eigenvalue weighted by molar-refractivity contribution is 7.22. The van der Waals surface area contributed by atoms with Gasteiger partial charge in [-0.3, -0.25) is 9.78 Å². The zero-order valence-electron chi connectivity index (χ0n) is 16.8. The lowest BCUT2D eigenvalue weighted by molar-refractivity contribution is 0.386. The molecule has 9 nitrogen and oxygen atoms in total. The molecule has 0 aliphatic carbocycles. The number of thiophene rings is 1. The average Bonchev–Trinajstić information content (AvgIpc) is 3.22. The van der Waals surface area contributed by atoms with Gasteiger partial charge in [-0.15, -0.1) is 11.3 Å². The predicted molar refractivity (Wildman–Crippen MR) is 120 cm³/mol. The van der Waals surface area contributed by atoms with Crippen LogP contribution in [0.3, 0.4) is 0 Å². The van der Waals surface area contributed by atoms with Gasteiger partial charge in [0.15, 0.2) is 11.6 Å². The molecule has 0 bridgehead atoms. The van der Waals surface area contributed by atoms with Gasteiger partial charge in [-0.25, -0.2) is 13.8 Å². The van der Waals surface area contributed by atoms with Crippen LogP contribution >= 0.6 is 11.3 Å². The van der Waals surface area contributed by atoms with Crippen molar-refractivity contribution in [3.63, 3.8) is 0 Å². The zero-order chi connectivity index (χ0) is 23.0. The topological polar surface area (TPSA) is 137 Å². The number of pyridine rings is 1. The Morgan fingerprint density at radius 3 is 2.78 bits per heavy atom. The number of methoxy groups -OCH3 is 1. The molecule has 3 heterocycles. The number of nitriles is 1. The Bertz CT molecular complexity index is 1550. The summed E-state index contributed by atoms with van der Waals surface area (Å²) in [5.41, 5.74) is 0.440. The molecule has 0 saturated carbocycles. The Labute approximate surface area is 183 Å². The smallest absolute Gasteiger partial charge is 0.333 e. The summed E-state index contributed by atoms with van der Waals surface area (Å²) in [4.78, 5) is 33.3. The van der Waals surface area contributed by atoms with Gasteiger partial charge in [0, 0.05) is 35.5 Å². The summed E-state index contributed by atoms with van der Waals surface area (Å²) in [6.45, 7) is 0. The number of nitrogens with zero attached hydrogens (tertiary/aromatic N) is 3. The van der Waals surface area contributed by atoms with E-state index in [2.05, 4.69) is 15.3 Å². The van der Waals surface area contributed by atoms with Crippen LogP contribution in [0.4, 0.5) is 10.1 Å². The third kappa shape index (κ3) is 3.23. The third-order valence-electron chi connectivity index (χ3n) is 4.85. The van der Waals surface area contributed by atoms with Crippen molar-refractivity contribution in [2.75, 3.05) is 19.5 Å². The van der Waals surface area contributed by atoms with Gasteiger partial charge in [0.2, 0.25) is 0 Å². The van der Waals surface area contributed by atoms with Crippen molar-refractivity contribution in [3.05, 3.63) is 68.4 Å². The van der Waals surface area contributed by atoms with Crippen molar-refractivity contribution in [2.45, 2.75) is 0 Å². The summed E-state index contributed by atoms with van der Waals surface area (Å²) >= 11 is 1.05. The molecule has 0 atom stereocenters. The molecule has 0 unspecified atom stereocenters. The van der Waals surface area contributed by atoms with Crippen molar-refractivity contribution in [1.82, 2.24) is 14.5 Å². The minimum Gasteiger partial charge on any atom is -0.494 e. The molecule has 0 aliphatic heterocycles. The van der Waals surface area contributed by atoms with Crippen LogP contribution < -0.4 is 21.3 Å². The Morgan fingerprint density at radius 1 is 1.34 bits per heavy atom. The fraction of sp³-hybridized carbons (Fsp3) is 0.0952. The highest BCUT2D eigenvalue weighted by Gasteiger charge is 2.19. The Kier molecular flexibility index (Phi) is 5.29. The molecular formula is C21H15FN6O3S. The third-order valence-corrected chi connectivity index (χ3v) is 6.01. The van der Waals surface area contributed by atoms with Gasteiger partial charge in [0.05, 0.1) is 41.8 Å². The number of halogens is 1. The molecule has 3 aromatic heterocycles. The molecule has 0 saturated heterocycles. The van der Waals surface area contributed by atoms with E-state index < -0.39 is 17.1 Å².